The molecule has 6 heteroatoms. The molecule has 0 saturated carbocycles. The van der Waals surface area contributed by atoms with Crippen LogP contribution >= 0.6 is 24.0 Å². The van der Waals surface area contributed by atoms with Gasteiger partial charge >= 0.3 is 0 Å². The van der Waals surface area contributed by atoms with Crippen LogP contribution in [0, 0.1) is 0 Å². The summed E-state index contributed by atoms with van der Waals surface area (Å²) in [6, 6.07) is 10.4. The Kier molecular flexibility index (Phi) is 12.3. The van der Waals surface area contributed by atoms with Gasteiger partial charge in [0.15, 0.2) is 5.96 Å². The number of amides is 1. The number of carbonyl (C=O) groups is 1. The van der Waals surface area contributed by atoms with Crippen molar-refractivity contribution < 1.29 is 4.79 Å². The molecule has 0 saturated heterocycles. The molecule has 0 spiro atoms. The Morgan fingerprint density at radius 3 is 2.50 bits per heavy atom. The fourth-order valence-electron chi connectivity index (χ4n) is 2.06. The summed E-state index contributed by atoms with van der Waals surface area (Å²) in [5.74, 6) is 0.886. The highest BCUT2D eigenvalue weighted by Gasteiger charge is 2.09. The van der Waals surface area contributed by atoms with E-state index in [4.69, 9.17) is 0 Å². The molecule has 1 unspecified atom stereocenters. The predicted octanol–water partition coefficient (Wildman–Crippen LogP) is 3.01. The van der Waals surface area contributed by atoms with E-state index in [9.17, 15) is 4.79 Å². The molecule has 0 aliphatic carbocycles. The zero-order chi connectivity index (χ0) is 17.1. The molecule has 0 heterocycles. The number of hydrogen-bond donors (Lipinski definition) is 2. The Labute approximate surface area is 163 Å². The van der Waals surface area contributed by atoms with Gasteiger partial charge in [0.1, 0.15) is 0 Å². The molecule has 5 nitrogen and oxygen atoms in total. The standard InChI is InChI=1S/C18H30N4O.HI/c1-5-15(3)21-18(19-6-2)20-13-12-17(23)22(4)14-16-10-8-7-9-11-16;/h7-11,15H,5-6,12-14H2,1-4H3,(H2,19,20,21);1H. The van der Waals surface area contributed by atoms with Gasteiger partial charge < -0.3 is 15.5 Å². The van der Waals surface area contributed by atoms with E-state index in [-0.39, 0.29) is 29.9 Å². The van der Waals surface area contributed by atoms with Crippen LogP contribution in [0.1, 0.15) is 39.2 Å². The molecule has 136 valence electrons. The molecule has 0 aliphatic rings. The lowest BCUT2D eigenvalue weighted by molar-refractivity contribution is -0.130. The third kappa shape index (κ3) is 9.10. The number of aliphatic imine (C=N–C) groups is 1. The largest absolute Gasteiger partial charge is 0.357 e. The molecule has 1 rings (SSSR count). The highest BCUT2D eigenvalue weighted by molar-refractivity contribution is 14.0. The van der Waals surface area contributed by atoms with Gasteiger partial charge in [0.05, 0.1) is 6.54 Å². The van der Waals surface area contributed by atoms with Crippen molar-refractivity contribution in [3.8, 4) is 0 Å². The van der Waals surface area contributed by atoms with Crippen molar-refractivity contribution in [3.05, 3.63) is 35.9 Å². The molecule has 0 aliphatic heterocycles. The van der Waals surface area contributed by atoms with Crippen LogP contribution in [0.15, 0.2) is 35.3 Å². The van der Waals surface area contributed by atoms with Crippen LogP contribution in [-0.4, -0.2) is 42.9 Å². The first-order valence-corrected chi connectivity index (χ1v) is 8.39. The summed E-state index contributed by atoms with van der Waals surface area (Å²) in [4.78, 5) is 18.4. The van der Waals surface area contributed by atoms with Gasteiger partial charge in [0.25, 0.3) is 0 Å². The van der Waals surface area contributed by atoms with Gasteiger partial charge in [0, 0.05) is 32.6 Å². The lowest BCUT2D eigenvalue weighted by atomic mass is 10.2. The fourth-order valence-corrected chi connectivity index (χ4v) is 2.06. The lowest BCUT2D eigenvalue weighted by Crippen LogP contribution is -2.42. The Morgan fingerprint density at radius 2 is 1.92 bits per heavy atom. The van der Waals surface area contributed by atoms with Crippen molar-refractivity contribution in [1.29, 1.82) is 0 Å². The van der Waals surface area contributed by atoms with Crippen LogP contribution in [-0.2, 0) is 11.3 Å². The van der Waals surface area contributed by atoms with Gasteiger partial charge in [-0.25, -0.2) is 0 Å². The number of nitrogens with one attached hydrogen (secondary N) is 2. The number of halogens is 1. The minimum atomic E-state index is 0. The third-order valence-electron chi connectivity index (χ3n) is 3.62. The summed E-state index contributed by atoms with van der Waals surface area (Å²) in [7, 11) is 1.83. The van der Waals surface area contributed by atoms with Crippen LogP contribution in [0.3, 0.4) is 0 Å². The summed E-state index contributed by atoms with van der Waals surface area (Å²) in [6.45, 7) is 8.21. The van der Waals surface area contributed by atoms with Crippen molar-refractivity contribution >= 4 is 35.8 Å². The van der Waals surface area contributed by atoms with Gasteiger partial charge in [-0.1, -0.05) is 37.3 Å². The molecule has 1 atom stereocenters. The van der Waals surface area contributed by atoms with Gasteiger partial charge in [-0.05, 0) is 25.8 Å². The van der Waals surface area contributed by atoms with Gasteiger partial charge in [-0.3, -0.25) is 9.79 Å². The van der Waals surface area contributed by atoms with E-state index in [2.05, 4.69) is 29.5 Å². The second-order valence-electron chi connectivity index (χ2n) is 5.70. The Bertz CT molecular complexity index is 493. The van der Waals surface area contributed by atoms with Crippen LogP contribution in [0.25, 0.3) is 0 Å². The topological polar surface area (TPSA) is 56.7 Å². The van der Waals surface area contributed by atoms with Crippen molar-refractivity contribution in [2.45, 2.75) is 46.2 Å². The van der Waals surface area contributed by atoms with Crippen molar-refractivity contribution in [2.75, 3.05) is 20.1 Å². The number of carbonyl (C=O) groups excluding carboxylic acids is 1. The minimum Gasteiger partial charge on any atom is -0.357 e. The van der Waals surface area contributed by atoms with Crippen LogP contribution in [0.4, 0.5) is 0 Å². The summed E-state index contributed by atoms with van der Waals surface area (Å²) in [5.41, 5.74) is 1.14. The van der Waals surface area contributed by atoms with E-state index in [1.807, 2.05) is 44.3 Å². The molecule has 1 amide bonds. The van der Waals surface area contributed by atoms with Gasteiger partial charge in [-0.15, -0.1) is 24.0 Å². The first kappa shape index (κ1) is 22.7. The molecule has 0 bridgehead atoms. The fraction of sp³-hybridized carbons (Fsp3) is 0.556. The van der Waals surface area contributed by atoms with E-state index < -0.39 is 0 Å². The summed E-state index contributed by atoms with van der Waals surface area (Å²) in [6.07, 6.45) is 1.45. The first-order valence-electron chi connectivity index (χ1n) is 8.39. The lowest BCUT2D eigenvalue weighted by Gasteiger charge is -2.18. The highest BCUT2D eigenvalue weighted by Crippen LogP contribution is 2.04. The normalized spacial score (nSPS) is 12.1. The quantitative estimate of drug-likeness (QED) is 0.367. The minimum absolute atomic E-state index is 0. The molecule has 2 N–H and O–H groups in total. The third-order valence-corrected chi connectivity index (χ3v) is 3.62. The maximum Gasteiger partial charge on any atom is 0.224 e. The molecule has 0 fully saturated rings. The Balaban J connectivity index is 0.00000529. The maximum atomic E-state index is 12.2. The number of benzene rings is 1. The molecular weight excluding hydrogens is 415 g/mol. The molecule has 24 heavy (non-hydrogen) atoms. The molecule has 0 aromatic heterocycles. The van der Waals surface area contributed by atoms with Crippen molar-refractivity contribution in [1.82, 2.24) is 15.5 Å². The second-order valence-corrected chi connectivity index (χ2v) is 5.70. The number of hydrogen-bond acceptors (Lipinski definition) is 2. The summed E-state index contributed by atoms with van der Waals surface area (Å²) < 4.78 is 0. The molecule has 1 aromatic carbocycles. The predicted molar refractivity (Wildman–Crippen MR) is 112 cm³/mol. The van der Waals surface area contributed by atoms with E-state index in [1.165, 1.54) is 0 Å². The average Bonchev–Trinajstić information content (AvgIpc) is 2.55. The highest BCUT2D eigenvalue weighted by atomic mass is 127. The monoisotopic (exact) mass is 446 g/mol. The van der Waals surface area contributed by atoms with Crippen molar-refractivity contribution in [2.24, 2.45) is 4.99 Å². The second kappa shape index (κ2) is 13.0. The molecule has 0 radical (unpaired) electrons. The number of nitrogens with zero attached hydrogens (tertiary/aromatic N) is 2. The Hall–Kier alpha value is -1.31. The van der Waals surface area contributed by atoms with E-state index >= 15 is 0 Å². The van der Waals surface area contributed by atoms with E-state index in [0.717, 1.165) is 24.5 Å². The van der Waals surface area contributed by atoms with Crippen molar-refractivity contribution in [3.63, 3.8) is 0 Å². The Morgan fingerprint density at radius 1 is 1.25 bits per heavy atom. The summed E-state index contributed by atoms with van der Waals surface area (Å²) in [5, 5.41) is 6.53. The van der Waals surface area contributed by atoms with E-state index in [1.54, 1.807) is 4.90 Å². The van der Waals surface area contributed by atoms with Crippen LogP contribution < -0.4 is 10.6 Å². The van der Waals surface area contributed by atoms with E-state index in [0.29, 0.717) is 25.6 Å². The summed E-state index contributed by atoms with van der Waals surface area (Å²) >= 11 is 0. The number of guanidine groups is 1. The maximum absolute atomic E-state index is 12.2. The van der Waals surface area contributed by atoms with Gasteiger partial charge in [0.2, 0.25) is 5.91 Å². The first-order chi connectivity index (χ1) is 11.1. The SMILES string of the molecule is CCNC(=NCCC(=O)N(C)Cc1ccccc1)NC(C)CC.I. The van der Waals surface area contributed by atoms with Crippen LogP contribution in [0.2, 0.25) is 0 Å². The zero-order valence-electron chi connectivity index (χ0n) is 15.2. The van der Waals surface area contributed by atoms with Gasteiger partial charge in [-0.2, -0.15) is 0 Å². The van der Waals surface area contributed by atoms with Crippen LogP contribution in [0.5, 0.6) is 0 Å². The number of rotatable bonds is 8. The zero-order valence-corrected chi connectivity index (χ0v) is 17.5. The average molecular weight is 446 g/mol. The smallest absolute Gasteiger partial charge is 0.224 e. The molecular formula is C18H31IN4O. The molecule has 1 aromatic rings.